The highest BCUT2D eigenvalue weighted by atomic mass is 19.3. The van der Waals surface area contributed by atoms with Gasteiger partial charge in [0.1, 0.15) is 0 Å². The molecule has 0 aromatic carbocycles. The van der Waals surface area contributed by atoms with Crippen LogP contribution in [0.4, 0.5) is 14.8 Å². The Morgan fingerprint density at radius 1 is 1.44 bits per heavy atom. The molecule has 1 fully saturated rings. The lowest BCUT2D eigenvalue weighted by Crippen LogP contribution is -2.42. The molecule has 0 atom stereocenters. The molecule has 0 spiro atoms. The van der Waals surface area contributed by atoms with Gasteiger partial charge in [0.15, 0.2) is 0 Å². The number of rotatable bonds is 4. The zero-order valence-corrected chi connectivity index (χ0v) is 10.6. The minimum Gasteiger partial charge on any atom is -0.324 e. The molecule has 5 nitrogen and oxygen atoms in total. The van der Waals surface area contributed by atoms with Gasteiger partial charge in [0.05, 0.1) is 0 Å². The quantitative estimate of drug-likeness (QED) is 0.894. The van der Waals surface area contributed by atoms with Crippen LogP contribution in [0.25, 0.3) is 0 Å². The highest BCUT2D eigenvalue weighted by molar-refractivity contribution is 5.26. The maximum atomic E-state index is 13.0. The van der Waals surface area contributed by atoms with Gasteiger partial charge in [-0.05, 0) is 19.4 Å². The SMILES string of the molecule is CCNC1CCN(c2nc(C(C)(F)F)no2)CC1. The molecule has 1 saturated heterocycles. The Hall–Kier alpha value is -1.24. The van der Waals surface area contributed by atoms with Gasteiger partial charge in [0, 0.05) is 26.1 Å². The van der Waals surface area contributed by atoms with Crippen molar-refractivity contribution in [3.05, 3.63) is 5.82 Å². The van der Waals surface area contributed by atoms with Gasteiger partial charge in [-0.15, -0.1) is 0 Å². The normalized spacial score (nSPS) is 18.3. The van der Waals surface area contributed by atoms with Crippen LogP contribution in [0.5, 0.6) is 0 Å². The minimum absolute atomic E-state index is 0.196. The van der Waals surface area contributed by atoms with Gasteiger partial charge in [0.2, 0.25) is 5.82 Å². The van der Waals surface area contributed by atoms with Crippen molar-refractivity contribution < 1.29 is 13.3 Å². The summed E-state index contributed by atoms with van der Waals surface area (Å²) in [5.74, 6) is -3.60. The van der Waals surface area contributed by atoms with E-state index in [9.17, 15) is 8.78 Å². The summed E-state index contributed by atoms with van der Waals surface area (Å²) in [6.45, 7) is 5.26. The van der Waals surface area contributed by atoms with Crippen molar-refractivity contribution >= 4 is 6.01 Å². The summed E-state index contributed by atoms with van der Waals surface area (Å²) in [4.78, 5) is 5.61. The molecule has 2 rings (SSSR count). The molecule has 102 valence electrons. The predicted molar refractivity (Wildman–Crippen MR) is 62.8 cm³/mol. The maximum absolute atomic E-state index is 13.0. The molecule has 0 radical (unpaired) electrons. The van der Waals surface area contributed by atoms with E-state index < -0.39 is 11.7 Å². The fourth-order valence-electron chi connectivity index (χ4n) is 2.09. The summed E-state index contributed by atoms with van der Waals surface area (Å²) in [5.41, 5.74) is 0. The van der Waals surface area contributed by atoms with Crippen molar-refractivity contribution in [2.24, 2.45) is 0 Å². The van der Waals surface area contributed by atoms with Crippen molar-refractivity contribution in [1.29, 1.82) is 0 Å². The van der Waals surface area contributed by atoms with Crippen LogP contribution in [-0.2, 0) is 5.92 Å². The van der Waals surface area contributed by atoms with Crippen molar-refractivity contribution in [2.75, 3.05) is 24.5 Å². The highest BCUT2D eigenvalue weighted by Gasteiger charge is 2.32. The van der Waals surface area contributed by atoms with E-state index in [1.165, 1.54) is 0 Å². The lowest BCUT2D eigenvalue weighted by molar-refractivity contribution is 0.00559. The first kappa shape index (κ1) is 13.2. The number of anilines is 1. The summed E-state index contributed by atoms with van der Waals surface area (Å²) >= 11 is 0. The number of alkyl halides is 2. The minimum atomic E-state index is -3.05. The van der Waals surface area contributed by atoms with Crippen LogP contribution in [-0.4, -0.2) is 35.8 Å². The van der Waals surface area contributed by atoms with Gasteiger partial charge in [0.25, 0.3) is 0 Å². The molecular weight excluding hydrogens is 242 g/mol. The third kappa shape index (κ3) is 2.95. The van der Waals surface area contributed by atoms with Gasteiger partial charge >= 0.3 is 11.9 Å². The van der Waals surface area contributed by atoms with Crippen molar-refractivity contribution in [1.82, 2.24) is 15.5 Å². The molecule has 0 amide bonds. The number of nitrogens with one attached hydrogen (secondary N) is 1. The topological polar surface area (TPSA) is 54.2 Å². The lowest BCUT2D eigenvalue weighted by atomic mass is 10.1. The van der Waals surface area contributed by atoms with Crippen molar-refractivity contribution in [2.45, 2.75) is 38.7 Å². The summed E-state index contributed by atoms with van der Waals surface area (Å²) < 4.78 is 30.9. The Morgan fingerprint density at radius 2 is 2.11 bits per heavy atom. The van der Waals surface area contributed by atoms with Gasteiger partial charge in [-0.25, -0.2) is 0 Å². The Kier molecular flexibility index (Phi) is 3.79. The Morgan fingerprint density at radius 3 is 2.61 bits per heavy atom. The van der Waals surface area contributed by atoms with E-state index in [4.69, 9.17) is 4.52 Å². The first-order chi connectivity index (χ1) is 8.50. The molecule has 1 aliphatic heterocycles. The lowest BCUT2D eigenvalue weighted by Gasteiger charge is -2.30. The molecule has 0 saturated carbocycles. The molecule has 1 aromatic rings. The summed E-state index contributed by atoms with van der Waals surface area (Å²) in [5, 5.41) is 6.70. The number of nitrogens with zero attached hydrogens (tertiary/aromatic N) is 3. The Balaban J connectivity index is 1.95. The van der Waals surface area contributed by atoms with E-state index in [0.29, 0.717) is 6.04 Å². The Labute approximate surface area is 105 Å². The number of hydrogen-bond donors (Lipinski definition) is 1. The van der Waals surface area contributed by atoms with Gasteiger partial charge < -0.3 is 14.7 Å². The molecule has 1 aromatic heterocycles. The van der Waals surface area contributed by atoms with Gasteiger partial charge in [-0.2, -0.15) is 13.8 Å². The summed E-state index contributed by atoms with van der Waals surface area (Å²) in [6.07, 6.45) is 1.90. The molecule has 2 heterocycles. The predicted octanol–water partition coefficient (Wildman–Crippen LogP) is 1.76. The Bertz CT molecular complexity index is 383. The molecule has 0 unspecified atom stereocenters. The fourth-order valence-corrected chi connectivity index (χ4v) is 2.09. The van der Waals surface area contributed by atoms with Gasteiger partial charge in [-0.3, -0.25) is 0 Å². The number of aromatic nitrogens is 2. The number of piperidine rings is 1. The third-order valence-corrected chi connectivity index (χ3v) is 3.07. The van der Waals surface area contributed by atoms with Crippen LogP contribution in [0.1, 0.15) is 32.5 Å². The average Bonchev–Trinajstić information content (AvgIpc) is 2.79. The van der Waals surface area contributed by atoms with E-state index >= 15 is 0 Å². The van der Waals surface area contributed by atoms with E-state index in [0.717, 1.165) is 39.4 Å². The van der Waals surface area contributed by atoms with Crippen molar-refractivity contribution in [3.8, 4) is 0 Å². The first-order valence-corrected chi connectivity index (χ1v) is 6.21. The number of halogens is 2. The van der Waals surface area contributed by atoms with Crippen LogP contribution in [0.2, 0.25) is 0 Å². The average molecular weight is 260 g/mol. The number of hydrogen-bond acceptors (Lipinski definition) is 5. The highest BCUT2D eigenvalue weighted by Crippen LogP contribution is 2.26. The van der Waals surface area contributed by atoms with Gasteiger partial charge in [-0.1, -0.05) is 12.1 Å². The van der Waals surface area contributed by atoms with E-state index in [1.54, 1.807) is 0 Å². The van der Waals surface area contributed by atoms with Crippen LogP contribution < -0.4 is 10.2 Å². The second-order valence-corrected chi connectivity index (χ2v) is 4.61. The molecular formula is C11H18F2N4O. The third-order valence-electron chi connectivity index (χ3n) is 3.07. The molecule has 0 bridgehead atoms. The molecule has 0 aliphatic carbocycles. The van der Waals surface area contributed by atoms with Crippen LogP contribution in [0.3, 0.4) is 0 Å². The zero-order chi connectivity index (χ0) is 13.2. The van der Waals surface area contributed by atoms with Crippen LogP contribution in [0, 0.1) is 0 Å². The van der Waals surface area contributed by atoms with E-state index in [-0.39, 0.29) is 6.01 Å². The monoisotopic (exact) mass is 260 g/mol. The van der Waals surface area contributed by atoms with Crippen LogP contribution in [0.15, 0.2) is 4.52 Å². The first-order valence-electron chi connectivity index (χ1n) is 6.21. The van der Waals surface area contributed by atoms with Crippen molar-refractivity contribution in [3.63, 3.8) is 0 Å². The molecule has 18 heavy (non-hydrogen) atoms. The second kappa shape index (κ2) is 5.17. The molecule has 1 aliphatic rings. The maximum Gasteiger partial charge on any atom is 0.324 e. The second-order valence-electron chi connectivity index (χ2n) is 4.61. The summed E-state index contributed by atoms with van der Waals surface area (Å²) in [6, 6.07) is 0.683. The van der Waals surface area contributed by atoms with E-state index in [1.807, 2.05) is 4.90 Å². The smallest absolute Gasteiger partial charge is 0.324 e. The summed E-state index contributed by atoms with van der Waals surface area (Å²) in [7, 11) is 0. The molecule has 7 heteroatoms. The van der Waals surface area contributed by atoms with Crippen LogP contribution >= 0.6 is 0 Å². The zero-order valence-electron chi connectivity index (χ0n) is 10.6. The van der Waals surface area contributed by atoms with E-state index in [2.05, 4.69) is 22.4 Å². The largest absolute Gasteiger partial charge is 0.324 e. The molecule has 1 N–H and O–H groups in total. The standard InChI is InChI=1S/C11H18F2N4O/c1-3-14-8-4-6-17(7-5-8)10-15-9(16-18-10)11(2,12)13/h8,14H,3-7H2,1-2H3. The fraction of sp³-hybridized carbons (Fsp3) is 0.818.